The molecule has 1 atom stereocenters. The first-order valence-electron chi connectivity index (χ1n) is 8.88. The van der Waals surface area contributed by atoms with Gasteiger partial charge < -0.3 is 15.8 Å². The molecule has 30 heavy (non-hydrogen) atoms. The average molecular weight is 450 g/mol. The Morgan fingerprint density at radius 2 is 2.07 bits per heavy atom. The third-order valence-electron chi connectivity index (χ3n) is 3.88. The molecule has 0 saturated carbocycles. The summed E-state index contributed by atoms with van der Waals surface area (Å²) in [7, 11) is -4.25. The number of carbonyl (C=O) groups is 1. The number of carbonyl (C=O) groups excluding carboxylic acids is 1. The molecule has 0 radical (unpaired) electrons. The Morgan fingerprint density at radius 1 is 1.30 bits per heavy atom. The Balaban J connectivity index is 1.98. The standard InChI is InChI=1S/C19H20ClN5O4S/c1-12(2)29-19(20)9-8-14(17(24-19)13-5-4-10-22-11-13)18(26)25-30(27,28)16-7-3-6-15(21)23-16/h3-12,24H,1-2H3,(H2,21,23)(H,25,26). The summed E-state index contributed by atoms with van der Waals surface area (Å²) in [4.78, 5) is 20.7. The van der Waals surface area contributed by atoms with Crippen LogP contribution in [0.3, 0.4) is 0 Å². The summed E-state index contributed by atoms with van der Waals surface area (Å²) in [6.45, 7) is 3.61. The predicted molar refractivity (Wildman–Crippen MR) is 112 cm³/mol. The van der Waals surface area contributed by atoms with Gasteiger partial charge in [-0.25, -0.2) is 9.71 Å². The van der Waals surface area contributed by atoms with Crippen LogP contribution in [0.25, 0.3) is 5.70 Å². The summed E-state index contributed by atoms with van der Waals surface area (Å²) in [5.74, 6) is -0.873. The number of nitrogens with zero attached hydrogens (tertiary/aromatic N) is 2. The van der Waals surface area contributed by atoms with Crippen LogP contribution >= 0.6 is 11.6 Å². The third kappa shape index (κ3) is 4.96. The number of hydrogen-bond acceptors (Lipinski definition) is 8. The summed E-state index contributed by atoms with van der Waals surface area (Å²) < 4.78 is 32.8. The van der Waals surface area contributed by atoms with Crippen molar-refractivity contribution in [2.75, 3.05) is 5.73 Å². The summed E-state index contributed by atoms with van der Waals surface area (Å²) in [6, 6.07) is 7.46. The van der Waals surface area contributed by atoms with Crippen molar-refractivity contribution in [3.8, 4) is 0 Å². The fourth-order valence-corrected chi connectivity index (χ4v) is 3.98. The zero-order valence-corrected chi connectivity index (χ0v) is 17.7. The maximum Gasteiger partial charge on any atom is 0.281 e. The highest BCUT2D eigenvalue weighted by atomic mass is 35.5. The van der Waals surface area contributed by atoms with Crippen molar-refractivity contribution in [2.24, 2.45) is 0 Å². The van der Waals surface area contributed by atoms with Crippen LogP contribution in [0.1, 0.15) is 19.4 Å². The van der Waals surface area contributed by atoms with Crippen LogP contribution in [-0.2, 0) is 19.6 Å². The summed E-state index contributed by atoms with van der Waals surface area (Å²) in [6.07, 6.45) is 5.67. The molecule has 2 aromatic heterocycles. The number of amides is 1. The topological polar surface area (TPSA) is 136 Å². The predicted octanol–water partition coefficient (Wildman–Crippen LogP) is 1.75. The lowest BCUT2D eigenvalue weighted by Gasteiger charge is -2.33. The first-order chi connectivity index (χ1) is 14.1. The molecular weight excluding hydrogens is 430 g/mol. The molecule has 0 aliphatic carbocycles. The number of rotatable bonds is 6. The zero-order chi connectivity index (χ0) is 21.9. The van der Waals surface area contributed by atoms with Gasteiger partial charge in [0.2, 0.25) is 5.18 Å². The molecule has 3 heterocycles. The number of nitrogen functional groups attached to an aromatic ring is 1. The van der Waals surface area contributed by atoms with Crippen molar-refractivity contribution >= 4 is 39.0 Å². The van der Waals surface area contributed by atoms with Crippen molar-refractivity contribution in [1.82, 2.24) is 20.0 Å². The number of nitrogens with one attached hydrogen (secondary N) is 2. The van der Waals surface area contributed by atoms with Crippen molar-refractivity contribution in [3.63, 3.8) is 0 Å². The van der Waals surface area contributed by atoms with E-state index in [9.17, 15) is 13.2 Å². The minimum atomic E-state index is -4.25. The molecule has 1 aliphatic heterocycles. The molecule has 0 saturated heterocycles. The van der Waals surface area contributed by atoms with Gasteiger partial charge in [0.15, 0.2) is 5.03 Å². The first-order valence-corrected chi connectivity index (χ1v) is 10.7. The van der Waals surface area contributed by atoms with Gasteiger partial charge in [-0.15, -0.1) is 0 Å². The van der Waals surface area contributed by atoms with Gasteiger partial charge in [0, 0.05) is 18.0 Å². The van der Waals surface area contributed by atoms with Crippen LogP contribution in [0.2, 0.25) is 0 Å². The second kappa shape index (κ2) is 8.42. The van der Waals surface area contributed by atoms with E-state index in [0.717, 1.165) is 0 Å². The monoisotopic (exact) mass is 449 g/mol. The molecule has 9 nitrogen and oxygen atoms in total. The maximum absolute atomic E-state index is 12.9. The Morgan fingerprint density at radius 3 is 2.70 bits per heavy atom. The number of aromatic nitrogens is 2. The van der Waals surface area contributed by atoms with Gasteiger partial charge in [-0.2, -0.15) is 8.42 Å². The second-order valence-corrected chi connectivity index (χ2v) is 8.83. The quantitative estimate of drug-likeness (QED) is 0.448. The number of pyridine rings is 2. The number of hydrogen-bond donors (Lipinski definition) is 3. The number of anilines is 1. The van der Waals surface area contributed by atoms with E-state index >= 15 is 0 Å². The zero-order valence-electron chi connectivity index (χ0n) is 16.2. The van der Waals surface area contributed by atoms with Gasteiger partial charge in [-0.1, -0.05) is 17.7 Å². The second-order valence-electron chi connectivity index (χ2n) is 6.64. The molecule has 0 fully saturated rings. The van der Waals surface area contributed by atoms with E-state index in [1.165, 1.54) is 36.5 Å². The van der Waals surface area contributed by atoms with Crippen LogP contribution in [-0.4, -0.2) is 35.6 Å². The van der Waals surface area contributed by atoms with Gasteiger partial charge in [-0.3, -0.25) is 9.78 Å². The van der Waals surface area contributed by atoms with Crippen LogP contribution in [0.5, 0.6) is 0 Å². The Hall–Kier alpha value is -2.95. The number of halogens is 1. The van der Waals surface area contributed by atoms with E-state index < -0.39 is 21.1 Å². The minimum absolute atomic E-state index is 0.0116. The lowest BCUT2D eigenvalue weighted by molar-refractivity contribution is -0.115. The number of alkyl halides is 1. The minimum Gasteiger partial charge on any atom is -0.384 e. The molecule has 1 amide bonds. The maximum atomic E-state index is 12.9. The van der Waals surface area contributed by atoms with Crippen LogP contribution in [0, 0.1) is 0 Å². The number of dihydropyridines is 1. The van der Waals surface area contributed by atoms with Gasteiger partial charge in [0.1, 0.15) is 5.82 Å². The summed E-state index contributed by atoms with van der Waals surface area (Å²) in [5, 5.41) is 1.16. The van der Waals surface area contributed by atoms with Crippen LogP contribution < -0.4 is 15.8 Å². The lowest BCUT2D eigenvalue weighted by Crippen LogP contribution is -2.45. The Bertz CT molecular complexity index is 1120. The van der Waals surface area contributed by atoms with E-state index in [1.807, 2.05) is 4.72 Å². The highest BCUT2D eigenvalue weighted by Gasteiger charge is 2.34. The molecule has 1 aliphatic rings. The van der Waals surface area contributed by atoms with Crippen LogP contribution in [0.15, 0.2) is 65.5 Å². The molecule has 0 aromatic carbocycles. The highest BCUT2D eigenvalue weighted by Crippen LogP contribution is 2.30. The fourth-order valence-electron chi connectivity index (χ4n) is 2.70. The van der Waals surface area contributed by atoms with Gasteiger partial charge >= 0.3 is 0 Å². The van der Waals surface area contributed by atoms with Crippen molar-refractivity contribution < 1.29 is 17.9 Å². The van der Waals surface area contributed by atoms with Crippen LogP contribution in [0.4, 0.5) is 5.82 Å². The molecule has 2 aromatic rings. The molecular formula is C19H20ClN5O4S. The normalized spacial score (nSPS) is 18.9. The van der Waals surface area contributed by atoms with E-state index in [4.69, 9.17) is 22.1 Å². The molecule has 1 unspecified atom stereocenters. The summed E-state index contributed by atoms with van der Waals surface area (Å²) >= 11 is 6.48. The molecule has 0 spiro atoms. The number of sulfonamides is 1. The Labute approximate surface area is 179 Å². The Kier molecular flexibility index (Phi) is 6.11. The highest BCUT2D eigenvalue weighted by molar-refractivity contribution is 7.90. The lowest BCUT2D eigenvalue weighted by atomic mass is 10.0. The largest absolute Gasteiger partial charge is 0.384 e. The van der Waals surface area contributed by atoms with E-state index in [2.05, 4.69) is 15.3 Å². The number of ether oxygens (including phenoxy) is 1. The first kappa shape index (κ1) is 21.8. The molecule has 0 bridgehead atoms. The number of nitrogens with two attached hydrogens (primary N) is 1. The SMILES string of the molecule is CC(C)OC1(Cl)C=CC(C(=O)NS(=O)(=O)c2cccc(N)n2)=C(c2cccnc2)N1. The van der Waals surface area contributed by atoms with Crippen molar-refractivity contribution in [2.45, 2.75) is 30.2 Å². The van der Waals surface area contributed by atoms with E-state index in [0.29, 0.717) is 5.56 Å². The molecule has 11 heteroatoms. The van der Waals surface area contributed by atoms with E-state index in [1.54, 1.807) is 32.2 Å². The van der Waals surface area contributed by atoms with Crippen molar-refractivity contribution in [1.29, 1.82) is 0 Å². The van der Waals surface area contributed by atoms with Gasteiger partial charge in [0.05, 0.1) is 17.4 Å². The smallest absolute Gasteiger partial charge is 0.281 e. The third-order valence-corrected chi connectivity index (χ3v) is 5.42. The van der Waals surface area contributed by atoms with Gasteiger partial charge in [-0.05, 0) is 50.3 Å². The molecule has 4 N–H and O–H groups in total. The molecule has 3 rings (SSSR count). The summed E-state index contributed by atoms with van der Waals surface area (Å²) in [5.41, 5.74) is 6.35. The molecule has 158 valence electrons. The van der Waals surface area contributed by atoms with E-state index in [-0.39, 0.29) is 28.2 Å². The average Bonchev–Trinajstić information content (AvgIpc) is 2.67. The fraction of sp³-hybridized carbons (Fsp3) is 0.211. The van der Waals surface area contributed by atoms with Gasteiger partial charge in [0.25, 0.3) is 15.9 Å². The van der Waals surface area contributed by atoms with Crippen molar-refractivity contribution in [3.05, 3.63) is 66.0 Å².